The van der Waals surface area contributed by atoms with E-state index in [1.807, 2.05) is 0 Å². The number of carbonyl (C=O) groups is 3. The number of aliphatic carboxylic acids is 1. The maximum atomic E-state index is 12.7. The van der Waals surface area contributed by atoms with Crippen molar-refractivity contribution in [1.29, 1.82) is 0 Å². The first-order valence-electron chi connectivity index (χ1n) is 8.27. The third-order valence-electron chi connectivity index (χ3n) is 4.23. The van der Waals surface area contributed by atoms with E-state index in [-0.39, 0.29) is 23.2 Å². The summed E-state index contributed by atoms with van der Waals surface area (Å²) in [6, 6.07) is 8.51. The molecule has 0 radical (unpaired) electrons. The van der Waals surface area contributed by atoms with Crippen LogP contribution in [0.3, 0.4) is 0 Å². The average molecular weight is 429 g/mol. The van der Waals surface area contributed by atoms with Crippen molar-refractivity contribution in [3.05, 3.63) is 57.6 Å². The van der Waals surface area contributed by atoms with Crippen LogP contribution in [0, 0.1) is 10.1 Å². The van der Waals surface area contributed by atoms with E-state index in [0.717, 1.165) is 15.7 Å². The van der Waals surface area contributed by atoms with Gasteiger partial charge in [-0.3, -0.25) is 24.5 Å². The standard InChI is InChI=1S/C18H11N3O6S2/c22-15(23)5-6-28-18-19-13-4-2-9(8-14(13)29-18)20-16(24)11-3-1-10(21(26)27)7-12(11)17(20)25/h1-4,7-8H,5-6H2,(H,22,23). The summed E-state index contributed by atoms with van der Waals surface area (Å²) in [7, 11) is 0. The molecule has 1 N–H and O–H groups in total. The number of hydrogen-bond acceptors (Lipinski definition) is 8. The number of carbonyl (C=O) groups excluding carboxylic acids is 2. The Morgan fingerprint density at radius 3 is 2.66 bits per heavy atom. The number of carboxylic acids is 1. The van der Waals surface area contributed by atoms with Crippen molar-refractivity contribution in [3.63, 3.8) is 0 Å². The first-order valence-corrected chi connectivity index (χ1v) is 10.1. The van der Waals surface area contributed by atoms with Crippen LogP contribution in [-0.2, 0) is 4.79 Å². The van der Waals surface area contributed by atoms with Crippen LogP contribution in [0.2, 0.25) is 0 Å². The molecule has 4 rings (SSSR count). The van der Waals surface area contributed by atoms with Crippen LogP contribution in [0.5, 0.6) is 0 Å². The smallest absolute Gasteiger partial charge is 0.304 e. The number of rotatable bonds is 6. The minimum absolute atomic E-state index is 0.00137. The van der Waals surface area contributed by atoms with Gasteiger partial charge in [0.15, 0.2) is 4.34 Å². The summed E-state index contributed by atoms with van der Waals surface area (Å²) in [4.78, 5) is 51.8. The van der Waals surface area contributed by atoms with E-state index in [1.54, 1.807) is 18.2 Å². The molecule has 0 saturated heterocycles. The predicted molar refractivity (Wildman–Crippen MR) is 107 cm³/mol. The van der Waals surface area contributed by atoms with Crippen LogP contribution >= 0.6 is 23.1 Å². The van der Waals surface area contributed by atoms with Crippen LogP contribution in [0.1, 0.15) is 27.1 Å². The van der Waals surface area contributed by atoms with Crippen molar-refractivity contribution in [1.82, 2.24) is 4.98 Å². The monoisotopic (exact) mass is 429 g/mol. The molecule has 9 nitrogen and oxygen atoms in total. The summed E-state index contributed by atoms with van der Waals surface area (Å²) >= 11 is 2.66. The number of anilines is 1. The SMILES string of the molecule is O=C(O)CCSc1nc2ccc(N3C(=O)c4ccc([N+](=O)[O-])cc4C3=O)cc2s1. The molecule has 0 saturated carbocycles. The van der Waals surface area contributed by atoms with Crippen LogP contribution < -0.4 is 4.90 Å². The van der Waals surface area contributed by atoms with Gasteiger partial charge in [0.1, 0.15) is 0 Å². The topological polar surface area (TPSA) is 131 Å². The number of amides is 2. The van der Waals surface area contributed by atoms with Crippen LogP contribution in [0.4, 0.5) is 11.4 Å². The van der Waals surface area contributed by atoms with Gasteiger partial charge < -0.3 is 5.11 Å². The van der Waals surface area contributed by atoms with Gasteiger partial charge in [-0.05, 0) is 24.3 Å². The van der Waals surface area contributed by atoms with E-state index in [4.69, 9.17) is 5.11 Å². The molecule has 2 amide bonds. The molecule has 0 spiro atoms. The third-order valence-corrected chi connectivity index (χ3v) is 6.40. The van der Waals surface area contributed by atoms with Gasteiger partial charge in [-0.25, -0.2) is 9.88 Å². The maximum absolute atomic E-state index is 12.7. The minimum atomic E-state index is -0.883. The molecule has 0 fully saturated rings. The molecule has 1 aliphatic rings. The van der Waals surface area contributed by atoms with Gasteiger partial charge in [0.05, 0.1) is 38.4 Å². The number of benzene rings is 2. The van der Waals surface area contributed by atoms with Gasteiger partial charge in [-0.15, -0.1) is 11.3 Å². The highest BCUT2D eigenvalue weighted by atomic mass is 32.2. The Bertz CT molecular complexity index is 1210. The molecule has 1 aliphatic heterocycles. The lowest BCUT2D eigenvalue weighted by atomic mass is 10.1. The van der Waals surface area contributed by atoms with Gasteiger partial charge in [0.25, 0.3) is 17.5 Å². The molecular formula is C18H11N3O6S2. The lowest BCUT2D eigenvalue weighted by Gasteiger charge is -2.13. The molecule has 29 heavy (non-hydrogen) atoms. The molecular weight excluding hydrogens is 418 g/mol. The molecule has 11 heteroatoms. The highest BCUT2D eigenvalue weighted by molar-refractivity contribution is 8.01. The molecule has 0 aliphatic carbocycles. The first-order chi connectivity index (χ1) is 13.8. The Morgan fingerprint density at radius 2 is 1.93 bits per heavy atom. The second-order valence-corrected chi connectivity index (χ2v) is 8.43. The second-order valence-electron chi connectivity index (χ2n) is 6.06. The summed E-state index contributed by atoms with van der Waals surface area (Å²) in [6.07, 6.45) is 0.0209. The normalized spacial score (nSPS) is 13.2. The largest absolute Gasteiger partial charge is 0.481 e. The highest BCUT2D eigenvalue weighted by Crippen LogP contribution is 2.35. The number of nitro benzene ring substituents is 1. The van der Waals surface area contributed by atoms with Crippen molar-refractivity contribution >= 4 is 62.5 Å². The van der Waals surface area contributed by atoms with Crippen LogP contribution in [0.15, 0.2) is 40.7 Å². The zero-order chi connectivity index (χ0) is 20.7. The van der Waals surface area contributed by atoms with Gasteiger partial charge in [0, 0.05) is 17.9 Å². The quantitative estimate of drug-likeness (QED) is 0.272. The number of thioether (sulfide) groups is 1. The molecule has 146 valence electrons. The highest BCUT2D eigenvalue weighted by Gasteiger charge is 2.38. The fraction of sp³-hybridized carbons (Fsp3) is 0.111. The summed E-state index contributed by atoms with van der Waals surface area (Å²) in [5.74, 6) is -1.65. The van der Waals surface area contributed by atoms with Crippen molar-refractivity contribution in [2.24, 2.45) is 0 Å². The fourth-order valence-electron chi connectivity index (χ4n) is 2.90. The molecule has 2 heterocycles. The van der Waals surface area contributed by atoms with Gasteiger partial charge in [0.2, 0.25) is 0 Å². The summed E-state index contributed by atoms with van der Waals surface area (Å²) in [6.45, 7) is 0. The molecule has 1 aromatic heterocycles. The van der Waals surface area contributed by atoms with E-state index in [0.29, 0.717) is 21.3 Å². The number of imide groups is 1. The van der Waals surface area contributed by atoms with Gasteiger partial charge in [-0.1, -0.05) is 11.8 Å². The molecule has 0 unspecified atom stereocenters. The predicted octanol–water partition coefficient (Wildman–Crippen LogP) is 3.57. The molecule has 0 atom stereocenters. The molecule has 2 aromatic carbocycles. The lowest BCUT2D eigenvalue weighted by molar-refractivity contribution is -0.384. The van der Waals surface area contributed by atoms with Crippen molar-refractivity contribution in [2.45, 2.75) is 10.8 Å². The van der Waals surface area contributed by atoms with E-state index in [2.05, 4.69) is 4.98 Å². The number of fused-ring (bicyclic) bond motifs is 2. The van der Waals surface area contributed by atoms with E-state index in [1.165, 1.54) is 35.2 Å². The Balaban J connectivity index is 1.64. The number of thiazole rings is 1. The number of nitrogens with zero attached hydrogens (tertiary/aromatic N) is 3. The molecule has 0 bridgehead atoms. The molecule has 3 aromatic rings. The minimum Gasteiger partial charge on any atom is -0.481 e. The summed E-state index contributed by atoms with van der Waals surface area (Å²) in [5.41, 5.74) is 0.877. The number of carboxylic acid groups (broad SMARTS) is 1. The number of aromatic nitrogens is 1. The number of non-ortho nitro benzene ring substituents is 1. The Hall–Kier alpha value is -3.31. The average Bonchev–Trinajstić information content (AvgIpc) is 3.19. The number of hydrogen-bond donors (Lipinski definition) is 1. The summed E-state index contributed by atoms with van der Waals surface area (Å²) in [5, 5.41) is 19.7. The van der Waals surface area contributed by atoms with Gasteiger partial charge >= 0.3 is 5.97 Å². The fourth-order valence-corrected chi connectivity index (χ4v) is 4.99. The first kappa shape index (κ1) is 19.0. The van der Waals surface area contributed by atoms with E-state index >= 15 is 0 Å². The maximum Gasteiger partial charge on any atom is 0.304 e. The van der Waals surface area contributed by atoms with Crippen molar-refractivity contribution in [3.8, 4) is 0 Å². The van der Waals surface area contributed by atoms with E-state index < -0.39 is 22.7 Å². The van der Waals surface area contributed by atoms with Crippen molar-refractivity contribution < 1.29 is 24.4 Å². The van der Waals surface area contributed by atoms with Crippen molar-refractivity contribution in [2.75, 3.05) is 10.7 Å². The zero-order valence-electron chi connectivity index (χ0n) is 14.5. The Kier molecular flexibility index (Phi) is 4.76. The Morgan fingerprint density at radius 1 is 1.17 bits per heavy atom. The second kappa shape index (κ2) is 7.26. The number of nitro groups is 1. The van der Waals surface area contributed by atoms with E-state index in [9.17, 15) is 24.5 Å². The zero-order valence-corrected chi connectivity index (χ0v) is 16.2. The summed E-state index contributed by atoms with van der Waals surface area (Å²) < 4.78 is 1.43. The third kappa shape index (κ3) is 3.45. The lowest BCUT2D eigenvalue weighted by Crippen LogP contribution is -2.29. The van der Waals surface area contributed by atoms with Crippen LogP contribution in [-0.4, -0.2) is 38.6 Å². The van der Waals surface area contributed by atoms with Crippen LogP contribution in [0.25, 0.3) is 10.2 Å². The van der Waals surface area contributed by atoms with Gasteiger partial charge in [-0.2, -0.15) is 0 Å². The Labute approximate surface area is 171 Å².